The second-order valence-electron chi connectivity index (χ2n) is 9.43. The van der Waals surface area contributed by atoms with Crippen LogP contribution in [0, 0.1) is 6.92 Å². The van der Waals surface area contributed by atoms with E-state index in [1.165, 1.54) is 0 Å². The molecule has 0 bridgehead atoms. The molecule has 3 aromatic carbocycles. The number of tetrazole rings is 1. The van der Waals surface area contributed by atoms with E-state index in [0.29, 0.717) is 18.1 Å². The van der Waals surface area contributed by atoms with Crippen LogP contribution in [0.4, 0.5) is 0 Å². The molecule has 0 atom stereocenters. The van der Waals surface area contributed by atoms with Gasteiger partial charge < -0.3 is 4.74 Å². The van der Waals surface area contributed by atoms with Crippen molar-refractivity contribution in [3.05, 3.63) is 100 Å². The molecule has 0 radical (unpaired) electrons. The summed E-state index contributed by atoms with van der Waals surface area (Å²) in [6.07, 6.45) is 6.13. The Hall–Kier alpha value is -4.46. The lowest BCUT2D eigenvalue weighted by molar-refractivity contribution is 0.412. The molecular weight excluding hydrogens is 476 g/mol. The number of aromatic amines is 1. The fourth-order valence-corrected chi connectivity index (χ4v) is 4.90. The number of aromatic nitrogens is 6. The largest absolute Gasteiger partial charge is 0.495 e. The van der Waals surface area contributed by atoms with Gasteiger partial charge in [-0.2, -0.15) is 0 Å². The molecule has 0 aliphatic rings. The van der Waals surface area contributed by atoms with Gasteiger partial charge in [-0.25, -0.2) is 9.89 Å². The van der Waals surface area contributed by atoms with Gasteiger partial charge in [-0.3, -0.25) is 9.13 Å². The van der Waals surface area contributed by atoms with Crippen molar-refractivity contribution in [3.8, 4) is 34.0 Å². The second-order valence-corrected chi connectivity index (χ2v) is 9.43. The van der Waals surface area contributed by atoms with Gasteiger partial charge in [-0.15, -0.1) is 5.10 Å². The summed E-state index contributed by atoms with van der Waals surface area (Å²) in [7, 11) is 1.64. The third-order valence-corrected chi connectivity index (χ3v) is 6.89. The molecule has 194 valence electrons. The summed E-state index contributed by atoms with van der Waals surface area (Å²) in [5, 5.41) is 14.4. The Kier molecular flexibility index (Phi) is 7.49. The highest BCUT2D eigenvalue weighted by Crippen LogP contribution is 2.30. The molecule has 8 nitrogen and oxygen atoms in total. The van der Waals surface area contributed by atoms with E-state index < -0.39 is 0 Å². The number of nitrogens with one attached hydrogen (secondary N) is 1. The number of unbranched alkanes of at least 4 members (excludes halogenated alkanes) is 2. The molecule has 5 aromatic rings. The Bertz CT molecular complexity index is 1570. The fraction of sp³-hybridized carbons (Fsp3) is 0.267. The Morgan fingerprint density at radius 1 is 0.947 bits per heavy atom. The van der Waals surface area contributed by atoms with Crippen molar-refractivity contribution in [2.24, 2.45) is 0 Å². The van der Waals surface area contributed by atoms with Crippen LogP contribution in [0.25, 0.3) is 28.2 Å². The molecule has 0 aliphatic heterocycles. The van der Waals surface area contributed by atoms with E-state index >= 15 is 0 Å². The van der Waals surface area contributed by atoms with Gasteiger partial charge in [-0.1, -0.05) is 80.4 Å². The molecule has 8 heteroatoms. The van der Waals surface area contributed by atoms with Crippen LogP contribution < -0.4 is 10.4 Å². The van der Waals surface area contributed by atoms with E-state index in [1.54, 1.807) is 11.7 Å². The first-order chi connectivity index (χ1) is 18.6. The first-order valence-electron chi connectivity index (χ1n) is 13.0. The molecule has 2 heterocycles. The van der Waals surface area contributed by atoms with Gasteiger partial charge in [0, 0.05) is 17.5 Å². The summed E-state index contributed by atoms with van der Waals surface area (Å²) < 4.78 is 9.24. The molecule has 0 amide bonds. The van der Waals surface area contributed by atoms with Gasteiger partial charge in [0.1, 0.15) is 5.75 Å². The third-order valence-electron chi connectivity index (χ3n) is 6.89. The summed E-state index contributed by atoms with van der Waals surface area (Å²) in [5.74, 6) is 1.32. The van der Waals surface area contributed by atoms with Gasteiger partial charge in [0.25, 0.3) is 0 Å². The van der Waals surface area contributed by atoms with E-state index in [0.717, 1.165) is 64.9 Å². The Morgan fingerprint density at radius 3 is 2.45 bits per heavy atom. The first-order valence-corrected chi connectivity index (χ1v) is 13.0. The van der Waals surface area contributed by atoms with Gasteiger partial charge in [0.15, 0.2) is 5.82 Å². The number of H-pyrrole nitrogens is 1. The number of nitrogens with zero attached hydrogens (tertiary/aromatic N) is 5. The van der Waals surface area contributed by atoms with Crippen LogP contribution in [0.3, 0.4) is 0 Å². The number of aryl methyl sites for hydroxylation is 2. The predicted molar refractivity (Wildman–Crippen MR) is 149 cm³/mol. The van der Waals surface area contributed by atoms with Crippen LogP contribution >= 0.6 is 0 Å². The van der Waals surface area contributed by atoms with Crippen LogP contribution in [-0.2, 0) is 13.0 Å². The Balaban J connectivity index is 1.49. The van der Waals surface area contributed by atoms with Gasteiger partial charge in [0.2, 0.25) is 0 Å². The summed E-state index contributed by atoms with van der Waals surface area (Å²) in [6.45, 7) is 4.69. The van der Waals surface area contributed by atoms with Crippen LogP contribution in [0.2, 0.25) is 0 Å². The number of imidazole rings is 1. The molecule has 0 fully saturated rings. The number of ether oxygens (including phenoxy) is 1. The van der Waals surface area contributed by atoms with E-state index in [1.807, 2.05) is 54.1 Å². The molecule has 0 aliphatic carbocycles. The van der Waals surface area contributed by atoms with Crippen molar-refractivity contribution in [3.63, 3.8) is 0 Å². The Morgan fingerprint density at radius 2 is 1.74 bits per heavy atom. The zero-order chi connectivity index (χ0) is 26.5. The summed E-state index contributed by atoms with van der Waals surface area (Å²) >= 11 is 0. The first kappa shape index (κ1) is 25.2. The zero-order valence-electron chi connectivity index (χ0n) is 22.0. The normalized spacial score (nSPS) is 11.1. The average Bonchev–Trinajstić information content (AvgIpc) is 3.58. The number of methoxy groups -OCH3 is 1. The lowest BCUT2D eigenvalue weighted by Gasteiger charge is -2.11. The second kappa shape index (κ2) is 11.3. The molecule has 0 unspecified atom stereocenters. The summed E-state index contributed by atoms with van der Waals surface area (Å²) in [6, 6.07) is 22.2. The molecule has 5 rings (SSSR count). The number of para-hydroxylation sites is 1. The van der Waals surface area contributed by atoms with Crippen molar-refractivity contribution < 1.29 is 4.74 Å². The SMILES string of the molecule is CCCCCc1cn(-c2c(C)cccc2OC)c(=O)n1Cc1ccc(-c2ccccc2-c2nnn[nH]2)cc1. The number of rotatable bonds is 10. The highest BCUT2D eigenvalue weighted by molar-refractivity contribution is 5.80. The minimum atomic E-state index is -0.0589. The molecule has 2 aromatic heterocycles. The van der Waals surface area contributed by atoms with Gasteiger partial charge in [0.05, 0.1) is 19.3 Å². The number of benzene rings is 3. The van der Waals surface area contributed by atoms with Crippen molar-refractivity contribution >= 4 is 0 Å². The summed E-state index contributed by atoms with van der Waals surface area (Å²) in [5.41, 5.74) is 6.84. The van der Waals surface area contributed by atoms with E-state index in [2.05, 4.69) is 57.9 Å². The maximum absolute atomic E-state index is 13.8. The van der Waals surface area contributed by atoms with Crippen LogP contribution in [0.1, 0.15) is 43.0 Å². The van der Waals surface area contributed by atoms with E-state index in [-0.39, 0.29) is 5.69 Å². The zero-order valence-corrected chi connectivity index (χ0v) is 22.0. The van der Waals surface area contributed by atoms with Crippen LogP contribution in [0.5, 0.6) is 5.75 Å². The highest BCUT2D eigenvalue weighted by atomic mass is 16.5. The fourth-order valence-electron chi connectivity index (χ4n) is 4.90. The molecule has 1 N–H and O–H groups in total. The Labute approximate surface area is 221 Å². The van der Waals surface area contributed by atoms with Crippen LogP contribution in [-0.4, -0.2) is 36.9 Å². The van der Waals surface area contributed by atoms with Gasteiger partial charge >= 0.3 is 5.69 Å². The highest BCUT2D eigenvalue weighted by Gasteiger charge is 2.18. The number of hydrogen-bond donors (Lipinski definition) is 1. The minimum Gasteiger partial charge on any atom is -0.495 e. The van der Waals surface area contributed by atoms with Crippen molar-refractivity contribution in [1.82, 2.24) is 29.8 Å². The quantitative estimate of drug-likeness (QED) is 0.249. The topological polar surface area (TPSA) is 90.6 Å². The van der Waals surface area contributed by atoms with Crippen molar-refractivity contribution in [1.29, 1.82) is 0 Å². The average molecular weight is 509 g/mol. The lowest BCUT2D eigenvalue weighted by atomic mass is 9.98. The standard InChI is InChI=1S/C30H32N6O2/c1-4-5-6-11-24-20-36(28-21(2)10-9-14-27(28)38-3)30(37)35(24)19-22-15-17-23(18-16-22)25-12-7-8-13-26(25)29-31-33-34-32-29/h7-10,12-18,20H,4-6,11,19H2,1-3H3,(H,31,32,33,34). The molecule has 38 heavy (non-hydrogen) atoms. The third kappa shape index (κ3) is 5.02. The molecular formula is C30H32N6O2. The van der Waals surface area contributed by atoms with E-state index in [9.17, 15) is 4.79 Å². The lowest BCUT2D eigenvalue weighted by Crippen LogP contribution is -2.25. The smallest absolute Gasteiger partial charge is 0.333 e. The van der Waals surface area contributed by atoms with Crippen molar-refractivity contribution in [2.45, 2.75) is 46.1 Å². The minimum absolute atomic E-state index is 0.0589. The maximum Gasteiger partial charge on any atom is 0.333 e. The molecule has 0 saturated carbocycles. The van der Waals surface area contributed by atoms with Gasteiger partial charge in [-0.05, 0) is 58.5 Å². The monoisotopic (exact) mass is 508 g/mol. The van der Waals surface area contributed by atoms with Crippen molar-refractivity contribution in [2.75, 3.05) is 7.11 Å². The molecule has 0 saturated heterocycles. The van der Waals surface area contributed by atoms with Crippen LogP contribution in [0.15, 0.2) is 77.7 Å². The predicted octanol–water partition coefficient (Wildman–Crippen LogP) is 5.58. The molecule has 0 spiro atoms. The number of hydrogen-bond acceptors (Lipinski definition) is 5. The maximum atomic E-state index is 13.8. The van der Waals surface area contributed by atoms with E-state index in [4.69, 9.17) is 4.74 Å². The summed E-state index contributed by atoms with van der Waals surface area (Å²) in [4.78, 5) is 13.8.